The van der Waals surface area contributed by atoms with E-state index in [-0.39, 0.29) is 5.91 Å². The summed E-state index contributed by atoms with van der Waals surface area (Å²) < 4.78 is 5.85. The molecular weight excluding hydrogens is 288 g/mol. The van der Waals surface area contributed by atoms with E-state index in [1.165, 1.54) is 0 Å². The van der Waals surface area contributed by atoms with Crippen molar-refractivity contribution in [2.24, 2.45) is 0 Å². The molecule has 23 heavy (non-hydrogen) atoms. The normalized spacial score (nSPS) is 15.6. The summed E-state index contributed by atoms with van der Waals surface area (Å²) in [4.78, 5) is 14.6. The van der Waals surface area contributed by atoms with Crippen molar-refractivity contribution in [3.63, 3.8) is 0 Å². The van der Waals surface area contributed by atoms with E-state index in [4.69, 9.17) is 4.74 Å². The molecule has 1 amide bonds. The zero-order valence-corrected chi connectivity index (χ0v) is 13.5. The van der Waals surface area contributed by atoms with Crippen LogP contribution in [-0.4, -0.2) is 11.5 Å². The number of aryl methyl sites for hydroxylation is 1. The van der Waals surface area contributed by atoms with Gasteiger partial charge >= 0.3 is 0 Å². The highest BCUT2D eigenvalue weighted by atomic mass is 16.5. The molecule has 0 N–H and O–H groups in total. The lowest BCUT2D eigenvalue weighted by atomic mass is 10.0. The lowest BCUT2D eigenvalue weighted by Crippen LogP contribution is -2.52. The molecule has 4 nitrogen and oxygen atoms in total. The van der Waals surface area contributed by atoms with Gasteiger partial charge in [-0.25, -0.2) is 0 Å². The van der Waals surface area contributed by atoms with Crippen LogP contribution >= 0.6 is 0 Å². The van der Waals surface area contributed by atoms with Gasteiger partial charge in [0.25, 0.3) is 5.91 Å². The van der Waals surface area contributed by atoms with Crippen LogP contribution in [0.4, 0.5) is 5.69 Å². The van der Waals surface area contributed by atoms with Crippen molar-refractivity contribution in [1.29, 1.82) is 5.26 Å². The molecule has 0 fully saturated rings. The van der Waals surface area contributed by atoms with E-state index >= 15 is 0 Å². The van der Waals surface area contributed by atoms with E-state index in [2.05, 4.69) is 6.07 Å². The van der Waals surface area contributed by atoms with Crippen molar-refractivity contribution in [1.82, 2.24) is 0 Å². The van der Waals surface area contributed by atoms with Crippen molar-refractivity contribution in [3.8, 4) is 11.8 Å². The van der Waals surface area contributed by atoms with Gasteiger partial charge in [-0.1, -0.05) is 24.3 Å². The third-order valence-electron chi connectivity index (χ3n) is 4.00. The Morgan fingerprint density at radius 3 is 2.70 bits per heavy atom. The van der Waals surface area contributed by atoms with Gasteiger partial charge < -0.3 is 9.64 Å². The summed E-state index contributed by atoms with van der Waals surface area (Å²) in [6, 6.07) is 15.3. The van der Waals surface area contributed by atoms with Crippen molar-refractivity contribution in [3.05, 3.63) is 59.2 Å². The largest absolute Gasteiger partial charge is 0.476 e. The summed E-state index contributed by atoms with van der Waals surface area (Å²) >= 11 is 0. The second kappa shape index (κ2) is 5.44. The summed E-state index contributed by atoms with van der Waals surface area (Å²) in [6.07, 6.45) is 0. The van der Waals surface area contributed by atoms with Crippen LogP contribution in [0.2, 0.25) is 0 Å². The molecule has 1 aliphatic rings. The van der Waals surface area contributed by atoms with E-state index < -0.39 is 5.60 Å². The van der Waals surface area contributed by atoms with Gasteiger partial charge in [-0.3, -0.25) is 4.79 Å². The highest BCUT2D eigenvalue weighted by molar-refractivity contribution is 6.02. The summed E-state index contributed by atoms with van der Waals surface area (Å²) in [5, 5.41) is 9.28. The maximum Gasteiger partial charge on any atom is 0.271 e. The highest BCUT2D eigenvalue weighted by Gasteiger charge is 2.41. The zero-order chi connectivity index (χ0) is 16.6. The Morgan fingerprint density at radius 2 is 1.96 bits per heavy atom. The Morgan fingerprint density at radius 1 is 1.22 bits per heavy atom. The lowest BCUT2D eigenvalue weighted by molar-refractivity contribution is -0.132. The quantitative estimate of drug-likeness (QED) is 0.852. The van der Waals surface area contributed by atoms with E-state index in [0.29, 0.717) is 17.9 Å². The molecule has 3 rings (SSSR count). The van der Waals surface area contributed by atoms with E-state index in [1.807, 2.05) is 43.3 Å². The molecule has 1 aliphatic heterocycles. The van der Waals surface area contributed by atoms with E-state index in [9.17, 15) is 10.1 Å². The van der Waals surface area contributed by atoms with E-state index in [0.717, 1.165) is 16.8 Å². The van der Waals surface area contributed by atoms with Crippen LogP contribution in [0.5, 0.6) is 5.75 Å². The number of carbonyl (C=O) groups is 1. The molecule has 0 aliphatic carbocycles. The Labute approximate surface area is 135 Å². The molecule has 0 aromatic heterocycles. The van der Waals surface area contributed by atoms with Crippen LogP contribution in [0.25, 0.3) is 0 Å². The standard InChI is InChI=1S/C19H18N2O2/c1-13-8-9-17-16(10-13)21(18(22)19(2,3)23-17)12-15-7-5-4-6-14(15)11-20/h4-10H,12H2,1-3H3. The van der Waals surface area contributed by atoms with Gasteiger partial charge in [0, 0.05) is 0 Å². The highest BCUT2D eigenvalue weighted by Crippen LogP contribution is 2.39. The molecule has 0 saturated carbocycles. The molecule has 2 aromatic carbocycles. The third kappa shape index (κ3) is 2.66. The summed E-state index contributed by atoms with van der Waals surface area (Å²) in [5.41, 5.74) is 2.29. The zero-order valence-electron chi connectivity index (χ0n) is 13.5. The SMILES string of the molecule is Cc1ccc2c(c1)N(Cc1ccccc1C#N)C(=O)C(C)(C)O2. The molecule has 0 radical (unpaired) electrons. The second-order valence-electron chi connectivity index (χ2n) is 6.24. The van der Waals surface area contributed by atoms with Gasteiger partial charge in [0.1, 0.15) is 5.75 Å². The smallest absolute Gasteiger partial charge is 0.271 e. The molecule has 0 spiro atoms. The molecule has 0 unspecified atom stereocenters. The van der Waals surface area contributed by atoms with Crippen LogP contribution in [0.3, 0.4) is 0 Å². The van der Waals surface area contributed by atoms with Gasteiger partial charge in [-0.2, -0.15) is 5.26 Å². The van der Waals surface area contributed by atoms with Crippen LogP contribution < -0.4 is 9.64 Å². The molecule has 0 bridgehead atoms. The average Bonchev–Trinajstić information content (AvgIpc) is 2.53. The number of fused-ring (bicyclic) bond motifs is 1. The Bertz CT molecular complexity index is 818. The summed E-state index contributed by atoms with van der Waals surface area (Å²) in [6.45, 7) is 5.86. The topological polar surface area (TPSA) is 53.3 Å². The molecule has 4 heteroatoms. The molecule has 2 aromatic rings. The number of anilines is 1. The predicted molar refractivity (Wildman–Crippen MR) is 88.2 cm³/mol. The number of nitrogens with zero attached hydrogens (tertiary/aromatic N) is 2. The van der Waals surface area contributed by atoms with E-state index in [1.54, 1.807) is 24.8 Å². The molecular formula is C19H18N2O2. The Hall–Kier alpha value is -2.80. The Balaban J connectivity index is 2.08. The number of hydrogen-bond donors (Lipinski definition) is 0. The van der Waals surface area contributed by atoms with Gasteiger partial charge in [-0.05, 0) is 50.1 Å². The van der Waals surface area contributed by atoms with Crippen molar-refractivity contribution in [2.45, 2.75) is 32.9 Å². The number of rotatable bonds is 2. The lowest BCUT2D eigenvalue weighted by Gasteiger charge is -2.39. The molecule has 116 valence electrons. The van der Waals surface area contributed by atoms with Gasteiger partial charge in [0.2, 0.25) is 0 Å². The minimum atomic E-state index is -0.927. The monoisotopic (exact) mass is 306 g/mol. The van der Waals surface area contributed by atoms with Gasteiger partial charge in [0.05, 0.1) is 23.9 Å². The first-order chi connectivity index (χ1) is 10.9. The van der Waals surface area contributed by atoms with Crippen LogP contribution in [0, 0.1) is 18.3 Å². The molecule has 1 heterocycles. The number of benzene rings is 2. The van der Waals surface area contributed by atoms with Gasteiger partial charge in [-0.15, -0.1) is 0 Å². The average molecular weight is 306 g/mol. The second-order valence-corrected chi connectivity index (χ2v) is 6.24. The fourth-order valence-electron chi connectivity index (χ4n) is 2.77. The van der Waals surface area contributed by atoms with Crippen molar-refractivity contribution >= 4 is 11.6 Å². The predicted octanol–water partition coefficient (Wildman–Crippen LogP) is 3.57. The maximum atomic E-state index is 12.8. The molecule has 0 saturated heterocycles. The van der Waals surface area contributed by atoms with Crippen LogP contribution in [0.15, 0.2) is 42.5 Å². The number of hydrogen-bond acceptors (Lipinski definition) is 3. The van der Waals surface area contributed by atoms with Crippen LogP contribution in [-0.2, 0) is 11.3 Å². The fourth-order valence-corrected chi connectivity index (χ4v) is 2.77. The van der Waals surface area contributed by atoms with Crippen LogP contribution in [0.1, 0.15) is 30.5 Å². The first-order valence-corrected chi connectivity index (χ1v) is 7.52. The number of amides is 1. The first-order valence-electron chi connectivity index (χ1n) is 7.52. The minimum absolute atomic E-state index is 0.108. The summed E-state index contributed by atoms with van der Waals surface area (Å²) in [5.74, 6) is 0.581. The maximum absolute atomic E-state index is 12.8. The number of ether oxygens (including phenoxy) is 1. The van der Waals surface area contributed by atoms with Crippen molar-refractivity contribution < 1.29 is 9.53 Å². The Kier molecular flexibility index (Phi) is 3.57. The number of carbonyl (C=O) groups excluding carboxylic acids is 1. The van der Waals surface area contributed by atoms with Crippen molar-refractivity contribution in [2.75, 3.05) is 4.90 Å². The first kappa shape index (κ1) is 15.1. The minimum Gasteiger partial charge on any atom is -0.476 e. The number of nitriles is 1. The third-order valence-corrected chi connectivity index (χ3v) is 4.00. The van der Waals surface area contributed by atoms with Gasteiger partial charge in [0.15, 0.2) is 5.60 Å². The summed E-state index contributed by atoms with van der Waals surface area (Å²) in [7, 11) is 0. The molecule has 0 atom stereocenters. The fraction of sp³-hybridized carbons (Fsp3) is 0.263.